The van der Waals surface area contributed by atoms with Crippen LogP contribution >= 0.6 is 0 Å². The third-order valence-corrected chi connectivity index (χ3v) is 13.4. The lowest BCUT2D eigenvalue weighted by Gasteiger charge is -2.34. The maximum absolute atomic E-state index is 2.42. The van der Waals surface area contributed by atoms with E-state index in [2.05, 4.69) is 266 Å². The summed E-state index contributed by atoms with van der Waals surface area (Å²) >= 11 is 0. The molecule has 0 unspecified atom stereocenters. The summed E-state index contributed by atoms with van der Waals surface area (Å²) in [7, 11) is 0. The summed E-state index contributed by atoms with van der Waals surface area (Å²) in [6.45, 7) is 0. The van der Waals surface area contributed by atoms with E-state index < -0.39 is 5.41 Å². The van der Waals surface area contributed by atoms with Crippen molar-refractivity contribution in [1.29, 1.82) is 0 Å². The van der Waals surface area contributed by atoms with Crippen LogP contribution in [-0.2, 0) is 5.41 Å². The zero-order chi connectivity index (χ0) is 42.5. The molecule has 300 valence electrons. The molecule has 64 heavy (non-hydrogen) atoms. The summed E-state index contributed by atoms with van der Waals surface area (Å²) in [5.41, 5.74) is 17.8. The zero-order valence-corrected chi connectivity index (χ0v) is 35.3. The highest BCUT2D eigenvalue weighted by Crippen LogP contribution is 2.57. The number of hydrogen-bond donors (Lipinski definition) is 0. The zero-order valence-electron chi connectivity index (χ0n) is 35.3. The van der Waals surface area contributed by atoms with Gasteiger partial charge in [0.05, 0.1) is 5.41 Å². The van der Waals surface area contributed by atoms with Crippen LogP contribution in [0.5, 0.6) is 0 Å². The number of benzene rings is 11. The molecule has 0 saturated heterocycles. The number of hydrogen-bond acceptors (Lipinski definition) is 1. The van der Waals surface area contributed by atoms with Gasteiger partial charge in [0.2, 0.25) is 0 Å². The Labute approximate surface area is 374 Å². The quantitative estimate of drug-likeness (QED) is 0.148. The second kappa shape index (κ2) is 15.6. The van der Waals surface area contributed by atoms with Crippen molar-refractivity contribution in [3.05, 3.63) is 283 Å². The van der Waals surface area contributed by atoms with Crippen molar-refractivity contribution in [3.63, 3.8) is 0 Å². The van der Waals surface area contributed by atoms with E-state index in [1.165, 1.54) is 88.3 Å². The molecule has 0 spiro atoms. The van der Waals surface area contributed by atoms with Crippen molar-refractivity contribution >= 4 is 38.6 Å². The smallest absolute Gasteiger partial charge is 0.0713 e. The standard InChI is InChI=1S/C63H43N/c1-4-16-45(17-5-1)56-28-15-20-49-42-48(34-40-58(49)56)44-30-35-52(36-31-44)64(53-37-32-47(33-38-53)57-27-14-19-46-18-10-11-25-55(46)57)54-39-41-62-60(43-54)59-26-12-13-29-61(59)63(62,50-21-6-2-7-22-50)51-23-8-3-9-24-51/h1-43H. The van der Waals surface area contributed by atoms with E-state index in [0.717, 1.165) is 17.1 Å². The number of nitrogens with zero attached hydrogens (tertiary/aromatic N) is 1. The van der Waals surface area contributed by atoms with Crippen LogP contribution in [0.4, 0.5) is 17.1 Å². The van der Waals surface area contributed by atoms with Gasteiger partial charge in [0.25, 0.3) is 0 Å². The van der Waals surface area contributed by atoms with E-state index in [1.54, 1.807) is 0 Å². The Morgan fingerprint density at radius 3 is 1.41 bits per heavy atom. The lowest BCUT2D eigenvalue weighted by atomic mass is 9.68. The maximum atomic E-state index is 2.42. The van der Waals surface area contributed by atoms with Crippen LogP contribution in [0.1, 0.15) is 22.3 Å². The molecule has 0 N–H and O–H groups in total. The molecule has 0 amide bonds. The molecule has 1 heteroatoms. The van der Waals surface area contributed by atoms with Gasteiger partial charge in [-0.1, -0.05) is 218 Å². The van der Waals surface area contributed by atoms with E-state index in [4.69, 9.17) is 0 Å². The molecule has 0 fully saturated rings. The molecule has 12 rings (SSSR count). The molecule has 0 aromatic heterocycles. The van der Waals surface area contributed by atoms with Crippen molar-refractivity contribution in [2.45, 2.75) is 5.41 Å². The van der Waals surface area contributed by atoms with Crippen LogP contribution in [0.3, 0.4) is 0 Å². The molecule has 0 aliphatic heterocycles. The minimum atomic E-state index is -0.457. The van der Waals surface area contributed by atoms with Gasteiger partial charge in [0.1, 0.15) is 0 Å². The van der Waals surface area contributed by atoms with Crippen LogP contribution in [0.25, 0.3) is 66.1 Å². The largest absolute Gasteiger partial charge is 0.310 e. The third kappa shape index (κ3) is 6.16. The molecule has 1 nitrogen and oxygen atoms in total. The van der Waals surface area contributed by atoms with E-state index in [0.29, 0.717) is 0 Å². The number of fused-ring (bicyclic) bond motifs is 5. The van der Waals surface area contributed by atoms with Gasteiger partial charge >= 0.3 is 0 Å². The molecule has 0 atom stereocenters. The first-order valence-electron chi connectivity index (χ1n) is 22.2. The van der Waals surface area contributed by atoms with E-state index in [1.807, 2.05) is 0 Å². The van der Waals surface area contributed by atoms with Crippen LogP contribution < -0.4 is 4.90 Å². The summed E-state index contributed by atoms with van der Waals surface area (Å²) in [5.74, 6) is 0. The SMILES string of the molecule is c1ccc(-c2cccc3cc(-c4ccc(N(c5ccc(-c6cccc7ccccc67)cc5)c5ccc6c(c5)-c5ccccc5C6(c5ccccc5)c5ccccc5)cc4)ccc23)cc1. The molecule has 1 aliphatic carbocycles. The van der Waals surface area contributed by atoms with Crippen LogP contribution in [-0.4, -0.2) is 0 Å². The molecule has 0 radical (unpaired) electrons. The minimum absolute atomic E-state index is 0.457. The van der Waals surface area contributed by atoms with Crippen LogP contribution in [0, 0.1) is 0 Å². The Morgan fingerprint density at radius 1 is 0.250 bits per heavy atom. The summed E-state index contributed by atoms with van der Waals surface area (Å²) < 4.78 is 0. The van der Waals surface area contributed by atoms with Gasteiger partial charge < -0.3 is 4.90 Å². The second-order valence-corrected chi connectivity index (χ2v) is 16.8. The van der Waals surface area contributed by atoms with Crippen molar-refractivity contribution in [3.8, 4) is 44.5 Å². The highest BCUT2D eigenvalue weighted by atomic mass is 15.1. The predicted octanol–water partition coefficient (Wildman–Crippen LogP) is 16.8. The minimum Gasteiger partial charge on any atom is -0.310 e. The molecule has 0 bridgehead atoms. The van der Waals surface area contributed by atoms with Gasteiger partial charge in [-0.05, 0) is 131 Å². The first-order chi connectivity index (χ1) is 31.7. The Balaban J connectivity index is 0.996. The Morgan fingerprint density at radius 2 is 0.719 bits per heavy atom. The van der Waals surface area contributed by atoms with Crippen molar-refractivity contribution in [2.75, 3.05) is 4.90 Å². The second-order valence-electron chi connectivity index (χ2n) is 16.8. The summed E-state index contributed by atoms with van der Waals surface area (Å²) in [6.07, 6.45) is 0. The normalized spacial score (nSPS) is 12.5. The number of anilines is 3. The first kappa shape index (κ1) is 37.5. The van der Waals surface area contributed by atoms with Gasteiger partial charge in [-0.15, -0.1) is 0 Å². The Bertz CT molecular complexity index is 3420. The molecule has 0 saturated carbocycles. The monoisotopic (exact) mass is 813 g/mol. The highest BCUT2D eigenvalue weighted by molar-refractivity contribution is 6.00. The van der Waals surface area contributed by atoms with Crippen LogP contribution in [0.15, 0.2) is 261 Å². The fourth-order valence-electron chi connectivity index (χ4n) is 10.4. The van der Waals surface area contributed by atoms with Crippen molar-refractivity contribution in [1.82, 2.24) is 0 Å². The predicted molar refractivity (Wildman–Crippen MR) is 270 cm³/mol. The fourth-order valence-corrected chi connectivity index (χ4v) is 10.4. The van der Waals surface area contributed by atoms with E-state index in [9.17, 15) is 0 Å². The lowest BCUT2D eigenvalue weighted by molar-refractivity contribution is 0.768. The van der Waals surface area contributed by atoms with Gasteiger partial charge in [0.15, 0.2) is 0 Å². The first-order valence-corrected chi connectivity index (χ1v) is 22.2. The summed E-state index contributed by atoms with van der Waals surface area (Å²) in [4.78, 5) is 2.41. The highest BCUT2D eigenvalue weighted by Gasteiger charge is 2.46. The van der Waals surface area contributed by atoms with Gasteiger partial charge in [0, 0.05) is 17.1 Å². The maximum Gasteiger partial charge on any atom is 0.0713 e. The summed E-state index contributed by atoms with van der Waals surface area (Å²) in [5, 5.41) is 4.99. The molecule has 0 heterocycles. The topological polar surface area (TPSA) is 3.24 Å². The molecule has 11 aromatic carbocycles. The number of rotatable bonds is 8. The molecular formula is C63H43N. The van der Waals surface area contributed by atoms with Crippen molar-refractivity contribution < 1.29 is 0 Å². The Hall–Kier alpha value is -8.26. The molecule has 11 aromatic rings. The average Bonchev–Trinajstić information content (AvgIpc) is 3.67. The third-order valence-electron chi connectivity index (χ3n) is 13.4. The molecular weight excluding hydrogens is 771 g/mol. The summed E-state index contributed by atoms with van der Waals surface area (Å²) in [6, 6.07) is 95.7. The average molecular weight is 814 g/mol. The molecule has 1 aliphatic rings. The van der Waals surface area contributed by atoms with Crippen LogP contribution in [0.2, 0.25) is 0 Å². The lowest BCUT2D eigenvalue weighted by Crippen LogP contribution is -2.28. The van der Waals surface area contributed by atoms with E-state index in [-0.39, 0.29) is 0 Å². The van der Waals surface area contributed by atoms with Gasteiger partial charge in [-0.3, -0.25) is 0 Å². The van der Waals surface area contributed by atoms with Crippen molar-refractivity contribution in [2.24, 2.45) is 0 Å². The van der Waals surface area contributed by atoms with Gasteiger partial charge in [-0.2, -0.15) is 0 Å². The Kier molecular flexibility index (Phi) is 9.13. The van der Waals surface area contributed by atoms with Gasteiger partial charge in [-0.25, -0.2) is 0 Å². The van der Waals surface area contributed by atoms with E-state index >= 15 is 0 Å². The fraction of sp³-hybridized carbons (Fsp3) is 0.0159.